The highest BCUT2D eigenvalue weighted by molar-refractivity contribution is 8.06. The molecule has 0 saturated carbocycles. The lowest BCUT2D eigenvalue weighted by Crippen LogP contribution is -2.18. The molecular formula is C15H16N2S3. The fourth-order valence-electron chi connectivity index (χ4n) is 2.32. The van der Waals surface area contributed by atoms with Crippen molar-refractivity contribution in [3.8, 4) is 11.3 Å². The first kappa shape index (κ1) is 14.2. The molecule has 5 heteroatoms. The lowest BCUT2D eigenvalue weighted by atomic mass is 10.1. The van der Waals surface area contributed by atoms with Crippen LogP contribution in [-0.4, -0.2) is 26.7 Å². The topological polar surface area (TPSA) is 28.7 Å². The average Bonchev–Trinajstić information content (AvgIpc) is 2.48. The van der Waals surface area contributed by atoms with Crippen LogP contribution in [0.4, 0.5) is 0 Å². The van der Waals surface area contributed by atoms with Crippen LogP contribution in [0, 0.1) is 4.64 Å². The maximum Gasteiger partial charge on any atom is 0.130 e. The van der Waals surface area contributed by atoms with Gasteiger partial charge in [-0.05, 0) is 11.6 Å². The SMILES string of the molecule is CC1SCCSC1c1nc(=S)cc(-c2ccccc2)[nH]1. The van der Waals surface area contributed by atoms with Crippen LogP contribution in [0.15, 0.2) is 36.4 Å². The molecule has 2 aromatic rings. The second kappa shape index (κ2) is 6.33. The van der Waals surface area contributed by atoms with Crippen molar-refractivity contribution >= 4 is 35.7 Å². The number of hydrogen-bond acceptors (Lipinski definition) is 4. The quantitative estimate of drug-likeness (QED) is 0.811. The Kier molecular flexibility index (Phi) is 4.48. The molecule has 2 unspecified atom stereocenters. The first-order valence-corrected chi connectivity index (χ1v) is 9.14. The number of aromatic amines is 1. The van der Waals surface area contributed by atoms with Gasteiger partial charge in [0.1, 0.15) is 10.5 Å². The summed E-state index contributed by atoms with van der Waals surface area (Å²) >= 11 is 9.34. The molecule has 1 aliphatic heterocycles. The number of nitrogens with zero attached hydrogens (tertiary/aromatic N) is 1. The molecule has 0 amide bonds. The van der Waals surface area contributed by atoms with Crippen molar-refractivity contribution in [3.05, 3.63) is 46.9 Å². The fourth-order valence-corrected chi connectivity index (χ4v) is 5.25. The van der Waals surface area contributed by atoms with Gasteiger partial charge in [-0.15, -0.1) is 11.8 Å². The molecular weight excluding hydrogens is 304 g/mol. The predicted molar refractivity (Wildman–Crippen MR) is 92.0 cm³/mol. The Morgan fingerprint density at radius 1 is 1.20 bits per heavy atom. The van der Waals surface area contributed by atoms with E-state index in [4.69, 9.17) is 12.2 Å². The van der Waals surface area contributed by atoms with Crippen LogP contribution in [0.1, 0.15) is 18.0 Å². The van der Waals surface area contributed by atoms with E-state index in [1.54, 1.807) is 0 Å². The molecule has 1 fully saturated rings. The van der Waals surface area contributed by atoms with Gasteiger partial charge in [0.05, 0.1) is 5.25 Å². The molecule has 1 saturated heterocycles. The highest BCUT2D eigenvalue weighted by Crippen LogP contribution is 2.41. The van der Waals surface area contributed by atoms with E-state index >= 15 is 0 Å². The van der Waals surface area contributed by atoms with Crippen molar-refractivity contribution in [2.24, 2.45) is 0 Å². The van der Waals surface area contributed by atoms with E-state index in [9.17, 15) is 0 Å². The molecule has 1 aromatic carbocycles. The lowest BCUT2D eigenvalue weighted by Gasteiger charge is -2.27. The van der Waals surface area contributed by atoms with Crippen molar-refractivity contribution in [1.82, 2.24) is 9.97 Å². The van der Waals surface area contributed by atoms with Gasteiger partial charge in [-0.25, -0.2) is 4.98 Å². The predicted octanol–water partition coefficient (Wildman–Crippen LogP) is 4.72. The standard InChI is InChI=1S/C15H16N2S3/c1-10-14(20-8-7-19-10)15-16-12(9-13(18)17-15)11-5-3-2-4-6-11/h2-6,9-10,14H,7-8H2,1H3,(H,16,17,18). The summed E-state index contributed by atoms with van der Waals surface area (Å²) in [7, 11) is 0. The molecule has 0 bridgehead atoms. The van der Waals surface area contributed by atoms with E-state index in [-0.39, 0.29) is 0 Å². The molecule has 1 aliphatic rings. The van der Waals surface area contributed by atoms with Gasteiger partial charge in [0.2, 0.25) is 0 Å². The van der Waals surface area contributed by atoms with Crippen LogP contribution in [0.3, 0.4) is 0 Å². The van der Waals surface area contributed by atoms with Crippen molar-refractivity contribution in [2.45, 2.75) is 17.4 Å². The smallest absolute Gasteiger partial charge is 0.130 e. The highest BCUT2D eigenvalue weighted by atomic mass is 32.2. The Balaban J connectivity index is 2.01. The number of thioether (sulfide) groups is 2. The second-order valence-corrected chi connectivity index (χ2v) is 7.90. The molecule has 20 heavy (non-hydrogen) atoms. The third-order valence-electron chi connectivity index (χ3n) is 3.30. The minimum atomic E-state index is 0.402. The van der Waals surface area contributed by atoms with Crippen molar-refractivity contribution in [1.29, 1.82) is 0 Å². The molecule has 0 spiro atoms. The summed E-state index contributed by atoms with van der Waals surface area (Å²) in [5.74, 6) is 3.42. The van der Waals surface area contributed by atoms with Crippen LogP contribution in [-0.2, 0) is 0 Å². The number of H-pyrrole nitrogens is 1. The molecule has 2 atom stereocenters. The van der Waals surface area contributed by atoms with Gasteiger partial charge in [0, 0.05) is 22.4 Å². The summed E-state index contributed by atoms with van der Waals surface area (Å²) in [6.07, 6.45) is 0. The molecule has 2 nitrogen and oxygen atoms in total. The summed E-state index contributed by atoms with van der Waals surface area (Å²) < 4.78 is 0.668. The molecule has 2 heterocycles. The molecule has 1 N–H and O–H groups in total. The number of benzene rings is 1. The van der Waals surface area contributed by atoms with Crippen molar-refractivity contribution in [3.63, 3.8) is 0 Å². The molecule has 3 rings (SSSR count). The van der Waals surface area contributed by atoms with Crippen LogP contribution in [0.5, 0.6) is 0 Å². The maximum absolute atomic E-state index is 5.35. The van der Waals surface area contributed by atoms with Gasteiger partial charge >= 0.3 is 0 Å². The van der Waals surface area contributed by atoms with Gasteiger partial charge in [0.15, 0.2) is 0 Å². The zero-order valence-corrected chi connectivity index (χ0v) is 13.7. The highest BCUT2D eigenvalue weighted by Gasteiger charge is 2.26. The van der Waals surface area contributed by atoms with Gasteiger partial charge in [-0.2, -0.15) is 11.8 Å². The summed E-state index contributed by atoms with van der Waals surface area (Å²) in [5, 5.41) is 0.969. The number of rotatable bonds is 2. The zero-order valence-electron chi connectivity index (χ0n) is 11.2. The summed E-state index contributed by atoms with van der Waals surface area (Å²) in [6, 6.07) is 12.2. The first-order valence-electron chi connectivity index (χ1n) is 6.64. The van der Waals surface area contributed by atoms with Crippen molar-refractivity contribution < 1.29 is 0 Å². The molecule has 0 radical (unpaired) electrons. The van der Waals surface area contributed by atoms with Crippen molar-refractivity contribution in [2.75, 3.05) is 11.5 Å². The summed E-state index contributed by atoms with van der Waals surface area (Å²) in [5.41, 5.74) is 2.22. The zero-order chi connectivity index (χ0) is 13.9. The normalized spacial score (nSPS) is 22.6. The third-order valence-corrected chi connectivity index (χ3v) is 6.61. The number of aromatic nitrogens is 2. The van der Waals surface area contributed by atoms with E-state index in [2.05, 4.69) is 29.0 Å². The Labute approximate surface area is 132 Å². The van der Waals surface area contributed by atoms with Gasteiger partial charge < -0.3 is 4.98 Å². The lowest BCUT2D eigenvalue weighted by molar-refractivity contribution is 0.822. The Morgan fingerprint density at radius 3 is 2.70 bits per heavy atom. The molecule has 104 valence electrons. The van der Waals surface area contributed by atoms with E-state index in [0.717, 1.165) is 17.1 Å². The van der Waals surface area contributed by atoms with E-state index in [1.165, 1.54) is 11.5 Å². The Hall–Kier alpha value is -0.780. The fraction of sp³-hybridized carbons (Fsp3) is 0.333. The van der Waals surface area contributed by atoms with E-state index in [0.29, 0.717) is 15.1 Å². The maximum atomic E-state index is 5.35. The molecule has 1 aromatic heterocycles. The van der Waals surface area contributed by atoms with E-state index in [1.807, 2.05) is 47.8 Å². The van der Waals surface area contributed by atoms with Crippen LogP contribution < -0.4 is 0 Å². The second-order valence-electron chi connectivity index (χ2n) is 4.75. The van der Waals surface area contributed by atoms with Crippen LogP contribution in [0.25, 0.3) is 11.3 Å². The largest absolute Gasteiger partial charge is 0.342 e. The summed E-state index contributed by atoms with van der Waals surface area (Å²) in [4.78, 5) is 8.05. The third kappa shape index (κ3) is 3.10. The monoisotopic (exact) mass is 320 g/mol. The number of hydrogen-bond donors (Lipinski definition) is 1. The summed E-state index contributed by atoms with van der Waals surface area (Å²) in [6.45, 7) is 2.27. The van der Waals surface area contributed by atoms with Crippen LogP contribution in [0.2, 0.25) is 0 Å². The Morgan fingerprint density at radius 2 is 1.95 bits per heavy atom. The van der Waals surface area contributed by atoms with E-state index < -0.39 is 0 Å². The van der Waals surface area contributed by atoms with Gasteiger partial charge in [0.25, 0.3) is 0 Å². The minimum Gasteiger partial charge on any atom is -0.342 e. The van der Waals surface area contributed by atoms with Gasteiger partial charge in [-0.3, -0.25) is 0 Å². The van der Waals surface area contributed by atoms with Crippen LogP contribution >= 0.6 is 35.7 Å². The average molecular weight is 321 g/mol. The first-order chi connectivity index (χ1) is 9.74. The molecule has 0 aliphatic carbocycles. The Bertz CT molecular complexity index is 639. The number of nitrogens with one attached hydrogen (secondary N) is 1. The minimum absolute atomic E-state index is 0.402. The van der Waals surface area contributed by atoms with Gasteiger partial charge in [-0.1, -0.05) is 49.5 Å².